The number of hydrogen-bond acceptors (Lipinski definition) is 3. The van der Waals surface area contributed by atoms with Crippen molar-refractivity contribution in [3.8, 4) is 5.75 Å². The van der Waals surface area contributed by atoms with Gasteiger partial charge in [0.05, 0.1) is 12.0 Å². The number of benzene rings is 1. The fourth-order valence-electron chi connectivity index (χ4n) is 1.90. The SMILES string of the molecule is CCNC(=O)C(CN)Cc1cccc(OC(C)C)c1. The van der Waals surface area contributed by atoms with Gasteiger partial charge in [0, 0.05) is 13.1 Å². The number of rotatable bonds is 7. The molecule has 0 saturated carbocycles. The maximum absolute atomic E-state index is 11.8. The fraction of sp³-hybridized carbons (Fsp3) is 0.533. The average molecular weight is 264 g/mol. The van der Waals surface area contributed by atoms with Gasteiger partial charge in [-0.15, -0.1) is 0 Å². The smallest absolute Gasteiger partial charge is 0.224 e. The van der Waals surface area contributed by atoms with Crippen LogP contribution in [-0.4, -0.2) is 25.1 Å². The average Bonchev–Trinajstić information content (AvgIpc) is 2.35. The third-order valence-corrected chi connectivity index (χ3v) is 2.76. The van der Waals surface area contributed by atoms with Gasteiger partial charge in [0.25, 0.3) is 0 Å². The zero-order valence-electron chi connectivity index (χ0n) is 12.0. The van der Waals surface area contributed by atoms with Gasteiger partial charge in [-0.25, -0.2) is 0 Å². The summed E-state index contributed by atoms with van der Waals surface area (Å²) in [5, 5.41) is 2.81. The van der Waals surface area contributed by atoms with Crippen LogP contribution in [-0.2, 0) is 11.2 Å². The molecule has 1 aromatic rings. The van der Waals surface area contributed by atoms with Crippen LogP contribution in [0.25, 0.3) is 0 Å². The van der Waals surface area contributed by atoms with E-state index >= 15 is 0 Å². The van der Waals surface area contributed by atoms with Crippen LogP contribution in [0.4, 0.5) is 0 Å². The maximum Gasteiger partial charge on any atom is 0.224 e. The summed E-state index contributed by atoms with van der Waals surface area (Å²) in [5.41, 5.74) is 6.75. The van der Waals surface area contributed by atoms with E-state index < -0.39 is 0 Å². The van der Waals surface area contributed by atoms with E-state index in [9.17, 15) is 4.79 Å². The Morgan fingerprint density at radius 1 is 1.42 bits per heavy atom. The van der Waals surface area contributed by atoms with E-state index in [1.165, 1.54) is 0 Å². The second kappa shape index (κ2) is 7.79. The molecule has 19 heavy (non-hydrogen) atoms. The zero-order chi connectivity index (χ0) is 14.3. The van der Waals surface area contributed by atoms with E-state index in [1.54, 1.807) is 0 Å². The van der Waals surface area contributed by atoms with Crippen molar-refractivity contribution in [2.75, 3.05) is 13.1 Å². The van der Waals surface area contributed by atoms with Gasteiger partial charge in [-0.05, 0) is 44.9 Å². The predicted molar refractivity (Wildman–Crippen MR) is 77.1 cm³/mol. The molecule has 0 spiro atoms. The topological polar surface area (TPSA) is 64.4 Å². The quantitative estimate of drug-likeness (QED) is 0.788. The van der Waals surface area contributed by atoms with Crippen LogP contribution < -0.4 is 15.8 Å². The Morgan fingerprint density at radius 2 is 2.16 bits per heavy atom. The summed E-state index contributed by atoms with van der Waals surface area (Å²) >= 11 is 0. The summed E-state index contributed by atoms with van der Waals surface area (Å²) in [6, 6.07) is 7.84. The first-order valence-electron chi connectivity index (χ1n) is 6.80. The third-order valence-electron chi connectivity index (χ3n) is 2.76. The Balaban J connectivity index is 2.71. The fourth-order valence-corrected chi connectivity index (χ4v) is 1.90. The van der Waals surface area contributed by atoms with Gasteiger partial charge in [-0.2, -0.15) is 0 Å². The summed E-state index contributed by atoms with van der Waals surface area (Å²) < 4.78 is 5.65. The van der Waals surface area contributed by atoms with Crippen molar-refractivity contribution in [3.05, 3.63) is 29.8 Å². The molecule has 0 aliphatic rings. The molecule has 3 N–H and O–H groups in total. The van der Waals surface area contributed by atoms with Crippen LogP contribution in [0.15, 0.2) is 24.3 Å². The van der Waals surface area contributed by atoms with Crippen LogP contribution in [0.5, 0.6) is 5.75 Å². The molecule has 4 nitrogen and oxygen atoms in total. The number of nitrogens with one attached hydrogen (secondary N) is 1. The first kappa shape index (κ1) is 15.5. The van der Waals surface area contributed by atoms with Gasteiger partial charge in [0.15, 0.2) is 0 Å². The summed E-state index contributed by atoms with van der Waals surface area (Å²) in [4.78, 5) is 11.8. The Morgan fingerprint density at radius 3 is 2.74 bits per heavy atom. The Bertz CT molecular complexity index is 405. The summed E-state index contributed by atoms with van der Waals surface area (Å²) in [5.74, 6) is 0.661. The van der Waals surface area contributed by atoms with Gasteiger partial charge in [-0.3, -0.25) is 4.79 Å². The largest absolute Gasteiger partial charge is 0.491 e. The van der Waals surface area contributed by atoms with Gasteiger partial charge in [0.2, 0.25) is 5.91 Å². The van der Waals surface area contributed by atoms with Gasteiger partial charge < -0.3 is 15.8 Å². The molecule has 1 atom stereocenters. The third kappa shape index (κ3) is 5.30. The van der Waals surface area contributed by atoms with E-state index in [-0.39, 0.29) is 17.9 Å². The van der Waals surface area contributed by atoms with Gasteiger partial charge in [-0.1, -0.05) is 12.1 Å². The Labute approximate surface area is 115 Å². The standard InChI is InChI=1S/C15H24N2O2/c1-4-17-15(18)13(10-16)8-12-6-5-7-14(9-12)19-11(2)3/h5-7,9,11,13H,4,8,10,16H2,1-3H3,(H,17,18). The van der Waals surface area contributed by atoms with Gasteiger partial charge in [0.1, 0.15) is 5.75 Å². The van der Waals surface area contributed by atoms with Crippen molar-refractivity contribution in [1.82, 2.24) is 5.32 Å². The van der Waals surface area contributed by atoms with E-state index in [1.807, 2.05) is 45.0 Å². The molecule has 0 aliphatic heterocycles. The molecular weight excluding hydrogens is 240 g/mol. The predicted octanol–water partition coefficient (Wildman–Crippen LogP) is 1.73. The summed E-state index contributed by atoms with van der Waals surface area (Å²) in [6.07, 6.45) is 0.779. The number of carbonyl (C=O) groups is 1. The zero-order valence-corrected chi connectivity index (χ0v) is 12.0. The maximum atomic E-state index is 11.8. The number of carbonyl (C=O) groups excluding carboxylic acids is 1. The molecule has 0 bridgehead atoms. The van der Waals surface area contributed by atoms with Crippen LogP contribution in [0.1, 0.15) is 26.3 Å². The molecule has 1 unspecified atom stereocenters. The molecule has 0 fully saturated rings. The highest BCUT2D eigenvalue weighted by Crippen LogP contribution is 2.17. The minimum atomic E-state index is -0.186. The lowest BCUT2D eigenvalue weighted by molar-refractivity contribution is -0.124. The summed E-state index contributed by atoms with van der Waals surface area (Å²) in [6.45, 7) is 6.86. The molecule has 0 aromatic heterocycles. The molecule has 1 amide bonds. The molecular formula is C15H24N2O2. The van der Waals surface area contributed by atoms with Crippen molar-refractivity contribution in [2.45, 2.75) is 33.3 Å². The highest BCUT2D eigenvalue weighted by molar-refractivity contribution is 5.79. The van der Waals surface area contributed by atoms with Gasteiger partial charge >= 0.3 is 0 Å². The normalized spacial score (nSPS) is 12.3. The minimum absolute atomic E-state index is 0.0141. The van der Waals surface area contributed by atoms with Crippen LogP contribution in [0, 0.1) is 5.92 Å². The lowest BCUT2D eigenvalue weighted by Gasteiger charge is -2.15. The second-order valence-electron chi connectivity index (χ2n) is 4.85. The van der Waals surface area contributed by atoms with Crippen molar-refractivity contribution in [3.63, 3.8) is 0 Å². The number of amides is 1. The molecule has 1 rings (SSSR count). The number of nitrogens with two attached hydrogens (primary N) is 1. The number of hydrogen-bond donors (Lipinski definition) is 2. The van der Waals surface area contributed by atoms with Crippen LogP contribution in [0.2, 0.25) is 0 Å². The summed E-state index contributed by atoms with van der Waals surface area (Å²) in [7, 11) is 0. The number of ether oxygens (including phenoxy) is 1. The monoisotopic (exact) mass is 264 g/mol. The van der Waals surface area contributed by atoms with Crippen molar-refractivity contribution < 1.29 is 9.53 Å². The Hall–Kier alpha value is -1.55. The second-order valence-corrected chi connectivity index (χ2v) is 4.85. The highest BCUT2D eigenvalue weighted by Gasteiger charge is 2.16. The minimum Gasteiger partial charge on any atom is -0.491 e. The van der Waals surface area contributed by atoms with E-state index in [0.717, 1.165) is 11.3 Å². The van der Waals surface area contributed by atoms with Crippen LogP contribution >= 0.6 is 0 Å². The molecule has 1 aromatic carbocycles. The van der Waals surface area contributed by atoms with Crippen LogP contribution in [0.3, 0.4) is 0 Å². The van der Waals surface area contributed by atoms with Crippen molar-refractivity contribution in [1.29, 1.82) is 0 Å². The molecule has 0 radical (unpaired) electrons. The van der Waals surface area contributed by atoms with E-state index in [2.05, 4.69) is 5.32 Å². The van der Waals surface area contributed by atoms with E-state index in [4.69, 9.17) is 10.5 Å². The molecule has 0 saturated heterocycles. The molecule has 0 aliphatic carbocycles. The Kier molecular flexibility index (Phi) is 6.36. The molecule has 106 valence electrons. The highest BCUT2D eigenvalue weighted by atomic mass is 16.5. The molecule has 4 heteroatoms. The van der Waals surface area contributed by atoms with Crippen molar-refractivity contribution in [2.24, 2.45) is 11.7 Å². The first-order valence-corrected chi connectivity index (χ1v) is 6.80. The first-order chi connectivity index (χ1) is 9.06. The molecule has 0 heterocycles. The lowest BCUT2D eigenvalue weighted by atomic mass is 9.98. The van der Waals surface area contributed by atoms with Crippen molar-refractivity contribution >= 4 is 5.91 Å². The van der Waals surface area contributed by atoms with E-state index in [0.29, 0.717) is 19.5 Å². The lowest BCUT2D eigenvalue weighted by Crippen LogP contribution is -2.36.